The number of nitrogens with two attached hydrogens (primary N) is 1. The first-order chi connectivity index (χ1) is 13.0. The van der Waals surface area contributed by atoms with E-state index in [0.29, 0.717) is 12.1 Å². The predicted octanol–water partition coefficient (Wildman–Crippen LogP) is 4.05. The van der Waals surface area contributed by atoms with Crippen LogP contribution in [0.2, 0.25) is 0 Å². The Morgan fingerprint density at radius 2 is 1.74 bits per heavy atom. The maximum atomic E-state index is 12.0. The van der Waals surface area contributed by atoms with E-state index in [-0.39, 0.29) is 6.61 Å². The van der Waals surface area contributed by atoms with Gasteiger partial charge >= 0.3 is 0 Å². The minimum absolute atomic E-state index is 0.0240. The highest BCUT2D eigenvalue weighted by Crippen LogP contribution is 2.33. The smallest absolute Gasteiger partial charge is 0.249 e. The van der Waals surface area contributed by atoms with Gasteiger partial charge in [-0.1, -0.05) is 36.4 Å². The molecule has 4 nitrogen and oxygen atoms in total. The van der Waals surface area contributed by atoms with E-state index in [1.807, 2.05) is 30.3 Å². The van der Waals surface area contributed by atoms with E-state index in [0.717, 1.165) is 27.4 Å². The second-order valence-corrected chi connectivity index (χ2v) is 7.08. The van der Waals surface area contributed by atoms with Crippen LogP contribution in [0.25, 0.3) is 21.8 Å². The summed E-state index contributed by atoms with van der Waals surface area (Å²) >= 11 is 0. The van der Waals surface area contributed by atoms with Crippen LogP contribution in [-0.4, -0.2) is 15.6 Å². The molecule has 4 heteroatoms. The van der Waals surface area contributed by atoms with E-state index >= 15 is 0 Å². The standard InChI is InChI=1S/C23H22N2O2/c1-14-6-7-16(10-15(14)2)12-25-20-5-3-4-19(23(24)27)22(20)18-9-8-17(13-26)11-21(18)25/h3-11,26H,12-13H2,1-2H3,(H2,24,27). The molecule has 0 radical (unpaired) electrons. The third-order valence-electron chi connectivity index (χ3n) is 5.32. The molecule has 27 heavy (non-hydrogen) atoms. The summed E-state index contributed by atoms with van der Waals surface area (Å²) < 4.78 is 2.19. The Morgan fingerprint density at radius 3 is 2.44 bits per heavy atom. The van der Waals surface area contributed by atoms with Gasteiger partial charge in [0.15, 0.2) is 0 Å². The van der Waals surface area contributed by atoms with Crippen LogP contribution >= 0.6 is 0 Å². The largest absolute Gasteiger partial charge is 0.392 e. The summed E-state index contributed by atoms with van der Waals surface area (Å²) in [6.45, 7) is 4.87. The minimum atomic E-state index is -0.433. The molecule has 0 aliphatic rings. The minimum Gasteiger partial charge on any atom is -0.392 e. The maximum Gasteiger partial charge on any atom is 0.249 e. The molecule has 1 amide bonds. The fourth-order valence-corrected chi connectivity index (χ4v) is 3.75. The van der Waals surface area contributed by atoms with Crippen molar-refractivity contribution in [3.05, 3.63) is 82.4 Å². The highest BCUT2D eigenvalue weighted by atomic mass is 16.3. The lowest BCUT2D eigenvalue weighted by Crippen LogP contribution is -2.11. The zero-order chi connectivity index (χ0) is 19.1. The highest BCUT2D eigenvalue weighted by Gasteiger charge is 2.17. The molecule has 0 aliphatic carbocycles. The van der Waals surface area contributed by atoms with E-state index in [1.54, 1.807) is 6.07 Å². The normalized spacial score (nSPS) is 11.4. The number of benzene rings is 3. The molecule has 0 atom stereocenters. The number of nitrogens with zero attached hydrogens (tertiary/aromatic N) is 1. The number of aromatic nitrogens is 1. The first-order valence-electron chi connectivity index (χ1n) is 9.00. The molecule has 0 spiro atoms. The van der Waals surface area contributed by atoms with Gasteiger partial charge in [0.25, 0.3) is 0 Å². The molecule has 4 rings (SSSR count). The van der Waals surface area contributed by atoms with Gasteiger partial charge in [-0.05, 0) is 54.3 Å². The van der Waals surface area contributed by atoms with Gasteiger partial charge in [-0.25, -0.2) is 0 Å². The molecule has 0 unspecified atom stereocenters. The van der Waals surface area contributed by atoms with Crippen LogP contribution in [0.15, 0.2) is 54.6 Å². The molecule has 0 saturated heterocycles. The van der Waals surface area contributed by atoms with Gasteiger partial charge in [-0.2, -0.15) is 0 Å². The van der Waals surface area contributed by atoms with Crippen molar-refractivity contribution in [3.63, 3.8) is 0 Å². The van der Waals surface area contributed by atoms with Crippen LogP contribution < -0.4 is 5.73 Å². The summed E-state index contributed by atoms with van der Waals surface area (Å²) in [5, 5.41) is 11.4. The van der Waals surface area contributed by atoms with Crippen molar-refractivity contribution in [2.24, 2.45) is 5.73 Å². The molecule has 136 valence electrons. The van der Waals surface area contributed by atoms with Crippen molar-refractivity contribution in [1.29, 1.82) is 0 Å². The highest BCUT2D eigenvalue weighted by molar-refractivity contribution is 6.17. The van der Waals surface area contributed by atoms with Gasteiger partial charge in [0.05, 0.1) is 12.1 Å². The topological polar surface area (TPSA) is 68.2 Å². The lowest BCUT2D eigenvalue weighted by Gasteiger charge is -2.10. The SMILES string of the molecule is Cc1ccc(Cn2c3cc(CO)ccc3c3c(C(N)=O)cccc32)cc1C. The third kappa shape index (κ3) is 2.88. The number of fused-ring (bicyclic) bond motifs is 3. The average molecular weight is 358 g/mol. The molecule has 3 aromatic carbocycles. The molecular weight excluding hydrogens is 336 g/mol. The van der Waals surface area contributed by atoms with E-state index in [2.05, 4.69) is 36.6 Å². The van der Waals surface area contributed by atoms with Gasteiger partial charge in [0, 0.05) is 28.4 Å². The van der Waals surface area contributed by atoms with Crippen LogP contribution in [0, 0.1) is 13.8 Å². The number of aryl methyl sites for hydroxylation is 2. The fourth-order valence-electron chi connectivity index (χ4n) is 3.75. The lowest BCUT2D eigenvalue weighted by atomic mass is 10.0. The molecule has 0 saturated carbocycles. The van der Waals surface area contributed by atoms with Gasteiger partial charge in [0.1, 0.15) is 0 Å². The van der Waals surface area contributed by atoms with Crippen molar-refractivity contribution in [2.45, 2.75) is 27.0 Å². The Hall–Kier alpha value is -3.11. The zero-order valence-electron chi connectivity index (χ0n) is 15.5. The van der Waals surface area contributed by atoms with E-state index in [1.165, 1.54) is 16.7 Å². The van der Waals surface area contributed by atoms with Crippen molar-refractivity contribution in [2.75, 3.05) is 0 Å². The predicted molar refractivity (Wildman–Crippen MR) is 109 cm³/mol. The number of hydrogen-bond acceptors (Lipinski definition) is 2. The summed E-state index contributed by atoms with van der Waals surface area (Å²) in [7, 11) is 0. The van der Waals surface area contributed by atoms with Gasteiger partial charge in [0.2, 0.25) is 5.91 Å². The van der Waals surface area contributed by atoms with Gasteiger partial charge < -0.3 is 15.4 Å². The Balaban J connectivity index is 2.02. The monoisotopic (exact) mass is 358 g/mol. The molecule has 0 bridgehead atoms. The summed E-state index contributed by atoms with van der Waals surface area (Å²) in [5.74, 6) is -0.433. The first-order valence-corrected chi connectivity index (χ1v) is 9.00. The third-order valence-corrected chi connectivity index (χ3v) is 5.32. The molecular formula is C23H22N2O2. The van der Waals surface area contributed by atoms with Crippen molar-refractivity contribution < 1.29 is 9.90 Å². The molecule has 1 aromatic heterocycles. The molecule has 4 aromatic rings. The number of carbonyl (C=O) groups excluding carboxylic acids is 1. The van der Waals surface area contributed by atoms with Crippen LogP contribution in [0.1, 0.15) is 32.6 Å². The van der Waals surface area contributed by atoms with Gasteiger partial charge in [-0.3, -0.25) is 4.79 Å². The number of hydrogen-bond donors (Lipinski definition) is 2. The average Bonchev–Trinajstić information content (AvgIpc) is 2.97. The van der Waals surface area contributed by atoms with Gasteiger partial charge in [-0.15, -0.1) is 0 Å². The summed E-state index contributed by atoms with van der Waals surface area (Å²) in [6.07, 6.45) is 0. The van der Waals surface area contributed by atoms with Crippen LogP contribution in [0.4, 0.5) is 0 Å². The van der Waals surface area contributed by atoms with Crippen molar-refractivity contribution >= 4 is 27.7 Å². The lowest BCUT2D eigenvalue weighted by molar-refractivity contribution is 0.100. The Morgan fingerprint density at radius 1 is 0.963 bits per heavy atom. The summed E-state index contributed by atoms with van der Waals surface area (Å²) in [4.78, 5) is 12.0. The van der Waals surface area contributed by atoms with E-state index in [9.17, 15) is 9.90 Å². The Labute approximate surface area is 157 Å². The number of primary amides is 1. The molecule has 0 fully saturated rings. The van der Waals surface area contributed by atoms with E-state index < -0.39 is 5.91 Å². The number of aliphatic hydroxyl groups excluding tert-OH is 1. The zero-order valence-corrected chi connectivity index (χ0v) is 15.5. The summed E-state index contributed by atoms with van der Waals surface area (Å²) in [5.41, 5.74) is 12.7. The fraction of sp³-hybridized carbons (Fsp3) is 0.174. The molecule has 1 heterocycles. The second kappa shape index (κ2) is 6.56. The maximum absolute atomic E-state index is 12.0. The van der Waals surface area contributed by atoms with E-state index in [4.69, 9.17) is 5.73 Å². The Bertz CT molecular complexity index is 1190. The summed E-state index contributed by atoms with van der Waals surface area (Å²) in [6, 6.07) is 18.0. The Kier molecular flexibility index (Phi) is 4.21. The van der Waals surface area contributed by atoms with Crippen LogP contribution in [0.3, 0.4) is 0 Å². The number of aliphatic hydroxyl groups is 1. The quantitative estimate of drug-likeness (QED) is 0.578. The molecule has 3 N–H and O–H groups in total. The molecule has 0 aliphatic heterocycles. The van der Waals surface area contributed by atoms with Crippen LogP contribution in [-0.2, 0) is 13.2 Å². The number of rotatable bonds is 4. The first kappa shape index (κ1) is 17.3. The van der Waals surface area contributed by atoms with Crippen molar-refractivity contribution in [3.8, 4) is 0 Å². The number of carbonyl (C=O) groups is 1. The second-order valence-electron chi connectivity index (χ2n) is 7.08. The van der Waals surface area contributed by atoms with Crippen LogP contribution in [0.5, 0.6) is 0 Å². The van der Waals surface area contributed by atoms with Crippen molar-refractivity contribution in [1.82, 2.24) is 4.57 Å². The number of amides is 1.